The molecular weight excluding hydrogens is 160 g/mol. The fourth-order valence-electron chi connectivity index (χ4n) is 1.32. The van der Waals surface area contributed by atoms with E-state index >= 15 is 0 Å². The molecule has 0 aliphatic heterocycles. The van der Waals surface area contributed by atoms with E-state index in [-0.39, 0.29) is 0 Å². The minimum absolute atomic E-state index is 0.990. The first-order valence-corrected chi connectivity index (χ1v) is 4.63. The quantitative estimate of drug-likeness (QED) is 0.700. The van der Waals surface area contributed by atoms with Gasteiger partial charge in [0.1, 0.15) is 0 Å². The molecule has 1 aromatic heterocycles. The molecule has 0 atom stereocenters. The molecule has 2 nitrogen and oxygen atoms in total. The SMILES string of the molecule is C=C(c1cccnc1)N(CC)CC. The molecule has 0 fully saturated rings. The lowest BCUT2D eigenvalue weighted by molar-refractivity contribution is 0.442. The predicted molar refractivity (Wildman–Crippen MR) is 56.2 cm³/mol. The molecule has 2 heteroatoms. The summed E-state index contributed by atoms with van der Waals surface area (Å²) in [4.78, 5) is 6.29. The number of nitrogens with zero attached hydrogens (tertiary/aromatic N) is 2. The van der Waals surface area contributed by atoms with Gasteiger partial charge in [-0.2, -0.15) is 0 Å². The molecule has 0 bridgehead atoms. The molecule has 0 saturated carbocycles. The Balaban J connectivity index is 2.78. The topological polar surface area (TPSA) is 16.1 Å². The van der Waals surface area contributed by atoms with Gasteiger partial charge >= 0.3 is 0 Å². The second kappa shape index (κ2) is 4.65. The van der Waals surface area contributed by atoms with E-state index in [9.17, 15) is 0 Å². The molecule has 0 saturated heterocycles. The van der Waals surface area contributed by atoms with Gasteiger partial charge in [0.25, 0.3) is 0 Å². The lowest BCUT2D eigenvalue weighted by Gasteiger charge is -2.23. The van der Waals surface area contributed by atoms with Crippen LogP contribution in [0.2, 0.25) is 0 Å². The summed E-state index contributed by atoms with van der Waals surface area (Å²) in [5.74, 6) is 0. The van der Waals surface area contributed by atoms with E-state index in [1.165, 1.54) is 0 Å². The van der Waals surface area contributed by atoms with Crippen LogP contribution in [0.5, 0.6) is 0 Å². The van der Waals surface area contributed by atoms with Crippen molar-refractivity contribution in [1.29, 1.82) is 0 Å². The zero-order chi connectivity index (χ0) is 9.68. The minimum atomic E-state index is 0.990. The van der Waals surface area contributed by atoms with Crippen molar-refractivity contribution in [3.8, 4) is 0 Å². The van der Waals surface area contributed by atoms with E-state index in [4.69, 9.17) is 0 Å². The van der Waals surface area contributed by atoms with Crippen LogP contribution in [0.3, 0.4) is 0 Å². The van der Waals surface area contributed by atoms with Crippen LogP contribution in [-0.4, -0.2) is 23.0 Å². The van der Waals surface area contributed by atoms with Gasteiger partial charge in [0.15, 0.2) is 0 Å². The summed E-state index contributed by atoms with van der Waals surface area (Å²) >= 11 is 0. The van der Waals surface area contributed by atoms with E-state index in [1.54, 1.807) is 6.20 Å². The molecule has 0 aliphatic carbocycles. The summed E-state index contributed by atoms with van der Waals surface area (Å²) in [5, 5.41) is 0. The fraction of sp³-hybridized carbons (Fsp3) is 0.364. The van der Waals surface area contributed by atoms with Crippen LogP contribution in [0.25, 0.3) is 5.70 Å². The zero-order valence-electron chi connectivity index (χ0n) is 8.33. The number of aromatic nitrogens is 1. The number of pyridine rings is 1. The van der Waals surface area contributed by atoms with Crippen molar-refractivity contribution in [3.63, 3.8) is 0 Å². The Kier molecular flexibility index (Phi) is 3.50. The Morgan fingerprint density at radius 3 is 2.62 bits per heavy atom. The van der Waals surface area contributed by atoms with E-state index < -0.39 is 0 Å². The Morgan fingerprint density at radius 1 is 1.46 bits per heavy atom. The second-order valence-electron chi connectivity index (χ2n) is 2.86. The van der Waals surface area contributed by atoms with Crippen LogP contribution >= 0.6 is 0 Å². The van der Waals surface area contributed by atoms with E-state index in [1.807, 2.05) is 18.3 Å². The summed E-state index contributed by atoms with van der Waals surface area (Å²) in [7, 11) is 0. The average Bonchev–Trinajstić information content (AvgIpc) is 2.21. The van der Waals surface area contributed by atoms with Gasteiger partial charge in [0.2, 0.25) is 0 Å². The fourth-order valence-corrected chi connectivity index (χ4v) is 1.32. The molecule has 1 rings (SSSR count). The van der Waals surface area contributed by atoms with Crippen LogP contribution < -0.4 is 0 Å². The van der Waals surface area contributed by atoms with Gasteiger partial charge in [-0.25, -0.2) is 0 Å². The minimum Gasteiger partial charge on any atom is -0.372 e. The summed E-state index contributed by atoms with van der Waals surface area (Å²) in [5.41, 5.74) is 2.16. The van der Waals surface area contributed by atoms with Gasteiger partial charge in [-0.05, 0) is 26.0 Å². The highest BCUT2D eigenvalue weighted by atomic mass is 15.1. The number of hydrogen-bond acceptors (Lipinski definition) is 2. The van der Waals surface area contributed by atoms with Crippen LogP contribution in [0.15, 0.2) is 31.1 Å². The Morgan fingerprint density at radius 2 is 2.15 bits per heavy atom. The Bertz CT molecular complexity index is 263. The van der Waals surface area contributed by atoms with Crippen molar-refractivity contribution < 1.29 is 0 Å². The standard InChI is InChI=1S/C11H16N2/c1-4-13(5-2)10(3)11-7-6-8-12-9-11/h6-9H,3-5H2,1-2H3. The first-order valence-electron chi connectivity index (χ1n) is 4.63. The molecule has 13 heavy (non-hydrogen) atoms. The van der Waals surface area contributed by atoms with E-state index in [2.05, 4.69) is 30.3 Å². The maximum absolute atomic E-state index is 4.07. The van der Waals surface area contributed by atoms with Crippen LogP contribution in [-0.2, 0) is 0 Å². The average molecular weight is 176 g/mol. The third-order valence-corrected chi connectivity index (χ3v) is 2.14. The largest absolute Gasteiger partial charge is 0.372 e. The molecule has 0 unspecified atom stereocenters. The molecule has 0 spiro atoms. The number of hydrogen-bond donors (Lipinski definition) is 0. The lowest BCUT2D eigenvalue weighted by atomic mass is 10.2. The van der Waals surface area contributed by atoms with Crippen LogP contribution in [0.1, 0.15) is 19.4 Å². The normalized spacial score (nSPS) is 9.69. The molecular formula is C11H16N2. The van der Waals surface area contributed by atoms with Crippen molar-refractivity contribution in [1.82, 2.24) is 9.88 Å². The van der Waals surface area contributed by atoms with Gasteiger partial charge in [-0.1, -0.05) is 6.58 Å². The maximum atomic E-state index is 4.07. The molecule has 1 aromatic rings. The zero-order valence-corrected chi connectivity index (χ0v) is 8.33. The lowest BCUT2D eigenvalue weighted by Crippen LogP contribution is -2.20. The van der Waals surface area contributed by atoms with Gasteiger partial charge in [0, 0.05) is 36.7 Å². The molecule has 70 valence electrons. The monoisotopic (exact) mass is 176 g/mol. The molecule has 0 radical (unpaired) electrons. The molecule has 0 amide bonds. The van der Waals surface area contributed by atoms with Gasteiger partial charge in [0.05, 0.1) is 0 Å². The third-order valence-electron chi connectivity index (χ3n) is 2.14. The highest BCUT2D eigenvalue weighted by Crippen LogP contribution is 2.14. The van der Waals surface area contributed by atoms with Gasteiger partial charge < -0.3 is 4.90 Å². The highest BCUT2D eigenvalue weighted by Gasteiger charge is 2.04. The maximum Gasteiger partial charge on any atom is 0.0382 e. The summed E-state index contributed by atoms with van der Waals surface area (Å²) < 4.78 is 0. The van der Waals surface area contributed by atoms with Crippen LogP contribution in [0, 0.1) is 0 Å². The molecule has 0 aromatic carbocycles. The first-order chi connectivity index (χ1) is 6.29. The molecule has 1 heterocycles. The molecule has 0 aliphatic rings. The Labute approximate surface area is 79.9 Å². The smallest absolute Gasteiger partial charge is 0.0382 e. The number of rotatable bonds is 4. The van der Waals surface area contributed by atoms with E-state index in [0.29, 0.717) is 0 Å². The summed E-state index contributed by atoms with van der Waals surface area (Å²) in [6.07, 6.45) is 3.62. The van der Waals surface area contributed by atoms with Gasteiger partial charge in [-0.15, -0.1) is 0 Å². The first kappa shape index (κ1) is 9.78. The Hall–Kier alpha value is -1.31. The second-order valence-corrected chi connectivity index (χ2v) is 2.86. The highest BCUT2D eigenvalue weighted by molar-refractivity contribution is 5.60. The third kappa shape index (κ3) is 2.31. The van der Waals surface area contributed by atoms with Crippen molar-refractivity contribution in [2.75, 3.05) is 13.1 Å². The summed E-state index contributed by atoms with van der Waals surface area (Å²) in [6.45, 7) is 10.3. The van der Waals surface area contributed by atoms with Gasteiger partial charge in [-0.3, -0.25) is 4.98 Å². The molecule has 0 N–H and O–H groups in total. The van der Waals surface area contributed by atoms with Crippen molar-refractivity contribution in [2.24, 2.45) is 0 Å². The van der Waals surface area contributed by atoms with Crippen molar-refractivity contribution in [2.45, 2.75) is 13.8 Å². The summed E-state index contributed by atoms with van der Waals surface area (Å²) in [6, 6.07) is 3.97. The predicted octanol–water partition coefficient (Wildman–Crippen LogP) is 2.39. The van der Waals surface area contributed by atoms with E-state index in [0.717, 1.165) is 24.4 Å². The van der Waals surface area contributed by atoms with Crippen molar-refractivity contribution in [3.05, 3.63) is 36.7 Å². The van der Waals surface area contributed by atoms with Crippen LogP contribution in [0.4, 0.5) is 0 Å². The van der Waals surface area contributed by atoms with Crippen molar-refractivity contribution >= 4 is 5.70 Å².